The standard InChI is InChI=1S/C11H9BrFNO3/c12-7-2-1-5-9(8(7)13)14-11(17)6(3-4-15)10(5)16/h1-2,15H,3-4H2,(H2,14,16,17)/i3D2. The Bertz CT molecular complexity index is 717. The van der Waals surface area contributed by atoms with Crippen LogP contribution in [0.15, 0.2) is 21.4 Å². The number of halogens is 2. The van der Waals surface area contributed by atoms with Crippen molar-refractivity contribution in [2.45, 2.75) is 6.37 Å². The molecule has 90 valence electrons. The second-order valence-electron chi connectivity index (χ2n) is 3.30. The van der Waals surface area contributed by atoms with Gasteiger partial charge in [0.05, 0.1) is 15.6 Å². The topological polar surface area (TPSA) is 73.3 Å². The summed E-state index contributed by atoms with van der Waals surface area (Å²) in [6, 6.07) is 2.67. The second kappa shape index (κ2) is 4.46. The third-order valence-corrected chi connectivity index (χ3v) is 2.92. The number of aromatic hydroxyl groups is 1. The first-order chi connectivity index (χ1) is 8.79. The highest BCUT2D eigenvalue weighted by molar-refractivity contribution is 9.10. The van der Waals surface area contributed by atoms with Gasteiger partial charge in [-0.3, -0.25) is 4.79 Å². The van der Waals surface area contributed by atoms with Gasteiger partial charge < -0.3 is 15.2 Å². The van der Waals surface area contributed by atoms with E-state index < -0.39 is 35.7 Å². The third kappa shape index (κ3) is 1.94. The molecule has 0 amide bonds. The van der Waals surface area contributed by atoms with Gasteiger partial charge in [0.2, 0.25) is 0 Å². The van der Waals surface area contributed by atoms with Crippen molar-refractivity contribution in [1.82, 2.24) is 4.98 Å². The first-order valence-corrected chi connectivity index (χ1v) is 5.43. The Balaban J connectivity index is 2.93. The largest absolute Gasteiger partial charge is 0.507 e. The van der Waals surface area contributed by atoms with Gasteiger partial charge >= 0.3 is 0 Å². The Kier molecular flexibility index (Phi) is 2.52. The number of aliphatic hydroxyl groups is 1. The molecule has 1 aromatic heterocycles. The monoisotopic (exact) mass is 303 g/mol. The maximum absolute atomic E-state index is 13.8. The van der Waals surface area contributed by atoms with Gasteiger partial charge in [0.25, 0.3) is 5.56 Å². The normalized spacial score (nSPS) is 13.6. The van der Waals surface area contributed by atoms with Gasteiger partial charge in [0.1, 0.15) is 5.75 Å². The van der Waals surface area contributed by atoms with Crippen molar-refractivity contribution >= 4 is 26.8 Å². The molecular formula is C11H9BrFNO3. The highest BCUT2D eigenvalue weighted by atomic mass is 79.9. The van der Waals surface area contributed by atoms with E-state index in [1.807, 2.05) is 0 Å². The van der Waals surface area contributed by atoms with Crippen LogP contribution >= 0.6 is 15.9 Å². The first kappa shape index (κ1) is 9.61. The van der Waals surface area contributed by atoms with E-state index in [-0.39, 0.29) is 15.4 Å². The zero-order chi connectivity index (χ0) is 14.4. The van der Waals surface area contributed by atoms with Crippen LogP contribution in [0.1, 0.15) is 8.30 Å². The molecule has 0 spiro atoms. The molecule has 0 radical (unpaired) electrons. The zero-order valence-electron chi connectivity index (χ0n) is 10.4. The minimum Gasteiger partial charge on any atom is -0.507 e. The summed E-state index contributed by atoms with van der Waals surface area (Å²) >= 11 is 2.94. The summed E-state index contributed by atoms with van der Waals surface area (Å²) in [5.74, 6) is -1.44. The Labute approximate surface area is 107 Å². The Hall–Kier alpha value is -1.40. The molecule has 0 aliphatic carbocycles. The minimum absolute atomic E-state index is 0.0346. The number of pyridine rings is 1. The summed E-state index contributed by atoms with van der Waals surface area (Å²) < 4.78 is 28.9. The number of hydrogen-bond acceptors (Lipinski definition) is 3. The number of benzene rings is 1. The van der Waals surface area contributed by atoms with Gasteiger partial charge in [0.15, 0.2) is 5.82 Å². The van der Waals surface area contributed by atoms with Gasteiger partial charge in [-0.15, -0.1) is 0 Å². The van der Waals surface area contributed by atoms with Crippen molar-refractivity contribution < 1.29 is 17.3 Å². The molecule has 0 atom stereocenters. The van der Waals surface area contributed by atoms with E-state index in [0.717, 1.165) is 0 Å². The van der Waals surface area contributed by atoms with Gasteiger partial charge in [-0.05, 0) is 28.1 Å². The minimum atomic E-state index is -2.42. The fourth-order valence-electron chi connectivity index (χ4n) is 1.53. The third-order valence-electron chi connectivity index (χ3n) is 2.31. The van der Waals surface area contributed by atoms with Crippen LogP contribution in [0.2, 0.25) is 0 Å². The molecule has 1 aromatic carbocycles. The van der Waals surface area contributed by atoms with E-state index in [9.17, 15) is 14.3 Å². The van der Waals surface area contributed by atoms with Crippen molar-refractivity contribution in [2.24, 2.45) is 0 Å². The van der Waals surface area contributed by atoms with Crippen molar-refractivity contribution in [3.63, 3.8) is 0 Å². The number of aromatic nitrogens is 1. The summed E-state index contributed by atoms with van der Waals surface area (Å²) in [5, 5.41) is 18.9. The molecule has 0 saturated carbocycles. The SMILES string of the molecule is [2H]C([2H])(CO)c1c(O)c2ccc(Br)c(F)c2[nH]c1=O. The lowest BCUT2D eigenvalue weighted by Crippen LogP contribution is -2.14. The molecule has 6 heteroatoms. The molecule has 0 unspecified atom stereocenters. The zero-order valence-corrected chi connectivity index (χ0v) is 10.0. The number of rotatable bonds is 2. The average Bonchev–Trinajstić information content (AvgIpc) is 2.34. The molecular weight excluding hydrogens is 293 g/mol. The molecule has 17 heavy (non-hydrogen) atoms. The van der Waals surface area contributed by atoms with E-state index in [4.69, 9.17) is 7.85 Å². The van der Waals surface area contributed by atoms with E-state index in [2.05, 4.69) is 20.9 Å². The molecule has 0 bridgehead atoms. The Morgan fingerprint density at radius 3 is 2.88 bits per heavy atom. The first-order valence-electron chi connectivity index (χ1n) is 5.64. The molecule has 0 saturated heterocycles. The molecule has 3 N–H and O–H groups in total. The fourth-order valence-corrected chi connectivity index (χ4v) is 1.86. The summed E-state index contributed by atoms with van der Waals surface area (Å²) in [6.45, 7) is -0.978. The highest BCUT2D eigenvalue weighted by Gasteiger charge is 2.15. The molecule has 0 fully saturated rings. The summed E-state index contributed by atoms with van der Waals surface area (Å²) in [4.78, 5) is 14.0. The summed E-state index contributed by atoms with van der Waals surface area (Å²) in [5.41, 5.74) is -1.83. The van der Waals surface area contributed by atoms with Crippen LogP contribution in [0.25, 0.3) is 10.9 Å². The predicted molar refractivity (Wildman–Crippen MR) is 64.7 cm³/mol. The molecule has 0 aliphatic heterocycles. The van der Waals surface area contributed by atoms with Gasteiger partial charge in [-0.1, -0.05) is 0 Å². The molecule has 2 aromatic rings. The number of fused-ring (bicyclic) bond motifs is 1. The van der Waals surface area contributed by atoms with E-state index in [0.29, 0.717) is 0 Å². The van der Waals surface area contributed by atoms with Crippen LogP contribution in [0.5, 0.6) is 5.75 Å². The fraction of sp³-hybridized carbons (Fsp3) is 0.182. The van der Waals surface area contributed by atoms with Crippen LogP contribution in [0.3, 0.4) is 0 Å². The van der Waals surface area contributed by atoms with E-state index in [1.165, 1.54) is 12.1 Å². The summed E-state index contributed by atoms with van der Waals surface area (Å²) in [7, 11) is 0. The smallest absolute Gasteiger partial charge is 0.255 e. The maximum atomic E-state index is 13.8. The van der Waals surface area contributed by atoms with Crippen LogP contribution in [0.4, 0.5) is 4.39 Å². The highest BCUT2D eigenvalue weighted by Crippen LogP contribution is 2.29. The maximum Gasteiger partial charge on any atom is 0.255 e. The predicted octanol–water partition coefficient (Wildman–Crippen LogP) is 1.67. The van der Waals surface area contributed by atoms with Crippen LogP contribution in [-0.4, -0.2) is 21.8 Å². The Morgan fingerprint density at radius 1 is 1.53 bits per heavy atom. The Morgan fingerprint density at radius 2 is 2.24 bits per heavy atom. The summed E-state index contributed by atoms with van der Waals surface area (Å²) in [6.07, 6.45) is -2.42. The second-order valence-corrected chi connectivity index (χ2v) is 4.15. The van der Waals surface area contributed by atoms with Gasteiger partial charge in [-0.25, -0.2) is 4.39 Å². The van der Waals surface area contributed by atoms with Crippen molar-refractivity contribution in [3.05, 3.63) is 38.3 Å². The molecule has 2 rings (SSSR count). The molecule has 0 aliphatic rings. The van der Waals surface area contributed by atoms with Gasteiger partial charge in [0, 0.05) is 21.1 Å². The molecule has 1 heterocycles. The number of aliphatic hydroxyl groups excluding tert-OH is 1. The lowest BCUT2D eigenvalue weighted by Gasteiger charge is -2.07. The van der Waals surface area contributed by atoms with E-state index >= 15 is 0 Å². The van der Waals surface area contributed by atoms with Crippen molar-refractivity contribution in [1.29, 1.82) is 0 Å². The van der Waals surface area contributed by atoms with E-state index in [1.54, 1.807) is 0 Å². The lowest BCUT2D eigenvalue weighted by molar-refractivity contribution is 0.297. The average molecular weight is 304 g/mol. The van der Waals surface area contributed by atoms with Crippen LogP contribution < -0.4 is 5.56 Å². The number of hydrogen-bond donors (Lipinski definition) is 3. The van der Waals surface area contributed by atoms with Crippen LogP contribution in [0, 0.1) is 5.82 Å². The lowest BCUT2D eigenvalue weighted by atomic mass is 10.1. The number of H-pyrrole nitrogens is 1. The van der Waals surface area contributed by atoms with Crippen LogP contribution in [-0.2, 0) is 6.37 Å². The number of nitrogens with one attached hydrogen (secondary N) is 1. The van der Waals surface area contributed by atoms with Crippen molar-refractivity contribution in [2.75, 3.05) is 6.61 Å². The number of aromatic amines is 1. The molecule has 4 nitrogen and oxygen atoms in total. The van der Waals surface area contributed by atoms with Crippen molar-refractivity contribution in [3.8, 4) is 5.75 Å². The van der Waals surface area contributed by atoms with Gasteiger partial charge in [-0.2, -0.15) is 0 Å². The quantitative estimate of drug-likeness (QED) is 0.790.